The fraction of sp³-hybridized carbons (Fsp3) is 0.958. The van der Waals surface area contributed by atoms with E-state index in [1.54, 1.807) is 6.92 Å². The van der Waals surface area contributed by atoms with Crippen LogP contribution in [-0.4, -0.2) is 17.2 Å². The number of hydrazine groups is 1. The molecule has 3 N–H and O–H groups in total. The van der Waals surface area contributed by atoms with Gasteiger partial charge in [-0.2, -0.15) is 0 Å². The van der Waals surface area contributed by atoms with Crippen molar-refractivity contribution in [3.63, 3.8) is 0 Å². The third kappa shape index (κ3) is 23.4. The molecule has 1 atom stereocenters. The molecule has 0 aliphatic heterocycles. The van der Waals surface area contributed by atoms with Gasteiger partial charge in [0.1, 0.15) is 6.23 Å². The summed E-state index contributed by atoms with van der Waals surface area (Å²) in [7, 11) is 0. The van der Waals surface area contributed by atoms with Crippen molar-refractivity contribution in [3.05, 3.63) is 0 Å². The van der Waals surface area contributed by atoms with Crippen LogP contribution in [0.4, 0.5) is 0 Å². The molecular formula is C24H50N2O2. The molecule has 0 aliphatic rings. The van der Waals surface area contributed by atoms with E-state index in [1.807, 2.05) is 0 Å². The van der Waals surface area contributed by atoms with Crippen molar-refractivity contribution in [3.8, 4) is 0 Å². The zero-order chi connectivity index (χ0) is 20.7. The first-order valence-electron chi connectivity index (χ1n) is 12.4. The highest BCUT2D eigenvalue weighted by Gasteiger charge is 2.01. The highest BCUT2D eigenvalue weighted by molar-refractivity contribution is 5.75. The first-order valence-corrected chi connectivity index (χ1v) is 12.4. The molecule has 0 aromatic heterocycles. The van der Waals surface area contributed by atoms with E-state index in [9.17, 15) is 4.79 Å². The summed E-state index contributed by atoms with van der Waals surface area (Å²) in [4.78, 5) is 11.4. The summed E-state index contributed by atoms with van der Waals surface area (Å²) >= 11 is 0. The van der Waals surface area contributed by atoms with E-state index in [-0.39, 0.29) is 5.91 Å². The molecule has 1 amide bonds. The molecule has 0 aromatic rings. The average molecular weight is 399 g/mol. The Labute approximate surface area is 175 Å². The van der Waals surface area contributed by atoms with Crippen molar-refractivity contribution in [2.75, 3.05) is 0 Å². The van der Waals surface area contributed by atoms with Crippen molar-refractivity contribution < 1.29 is 9.90 Å². The lowest BCUT2D eigenvalue weighted by molar-refractivity contribution is -0.123. The summed E-state index contributed by atoms with van der Waals surface area (Å²) in [6, 6.07) is 0. The molecule has 0 spiro atoms. The molecule has 0 heterocycles. The van der Waals surface area contributed by atoms with Crippen LogP contribution < -0.4 is 10.9 Å². The smallest absolute Gasteiger partial charge is 0.234 e. The van der Waals surface area contributed by atoms with E-state index in [4.69, 9.17) is 5.11 Å². The van der Waals surface area contributed by atoms with Crippen LogP contribution >= 0.6 is 0 Å². The van der Waals surface area contributed by atoms with E-state index in [0.717, 1.165) is 12.8 Å². The third-order valence-electron chi connectivity index (χ3n) is 5.43. The Morgan fingerprint density at radius 1 is 0.643 bits per heavy atom. The normalized spacial score (nSPS) is 12.2. The lowest BCUT2D eigenvalue weighted by Crippen LogP contribution is -2.42. The fourth-order valence-electron chi connectivity index (χ4n) is 3.61. The Bertz CT molecular complexity index is 322. The minimum absolute atomic E-state index is 0.0344. The lowest BCUT2D eigenvalue weighted by Gasteiger charge is -2.08. The monoisotopic (exact) mass is 398 g/mol. The molecule has 0 fully saturated rings. The minimum Gasteiger partial charge on any atom is -0.377 e. The number of carbonyl (C=O) groups is 1. The Morgan fingerprint density at radius 3 is 1.29 bits per heavy atom. The molecule has 0 aliphatic carbocycles. The third-order valence-corrected chi connectivity index (χ3v) is 5.43. The predicted molar refractivity (Wildman–Crippen MR) is 121 cm³/mol. The summed E-state index contributed by atoms with van der Waals surface area (Å²) < 4.78 is 0. The molecule has 0 saturated carbocycles. The Hall–Kier alpha value is -0.610. The van der Waals surface area contributed by atoms with Crippen LogP contribution in [0.3, 0.4) is 0 Å². The van der Waals surface area contributed by atoms with Gasteiger partial charge in [0.15, 0.2) is 0 Å². The molecule has 0 radical (unpaired) electrons. The number of aliphatic hydroxyl groups is 1. The maximum Gasteiger partial charge on any atom is 0.234 e. The summed E-state index contributed by atoms with van der Waals surface area (Å²) in [5.74, 6) is -0.0344. The molecule has 4 heteroatoms. The second-order valence-corrected chi connectivity index (χ2v) is 8.48. The highest BCUT2D eigenvalue weighted by Crippen LogP contribution is 2.14. The van der Waals surface area contributed by atoms with Gasteiger partial charge in [-0.3, -0.25) is 10.2 Å². The second kappa shape index (κ2) is 22.7. The van der Waals surface area contributed by atoms with Gasteiger partial charge in [0, 0.05) is 6.42 Å². The van der Waals surface area contributed by atoms with Crippen molar-refractivity contribution in [1.82, 2.24) is 10.9 Å². The molecule has 1 unspecified atom stereocenters. The number of carbonyl (C=O) groups excluding carboxylic acids is 1. The van der Waals surface area contributed by atoms with Crippen molar-refractivity contribution in [2.24, 2.45) is 0 Å². The molecular weight excluding hydrogens is 348 g/mol. The Morgan fingerprint density at radius 2 is 0.964 bits per heavy atom. The molecule has 0 bridgehead atoms. The molecule has 0 rings (SSSR count). The summed E-state index contributed by atoms with van der Waals surface area (Å²) in [6.07, 6.45) is 25.7. The predicted octanol–water partition coefficient (Wildman–Crippen LogP) is 6.77. The Kier molecular flexibility index (Phi) is 22.2. The summed E-state index contributed by atoms with van der Waals surface area (Å²) in [6.45, 7) is 3.86. The number of amides is 1. The molecule has 28 heavy (non-hydrogen) atoms. The largest absolute Gasteiger partial charge is 0.377 e. The van der Waals surface area contributed by atoms with Gasteiger partial charge in [0.25, 0.3) is 0 Å². The van der Waals surface area contributed by atoms with Crippen LogP contribution in [0.2, 0.25) is 0 Å². The van der Waals surface area contributed by atoms with Crippen molar-refractivity contribution >= 4 is 5.91 Å². The SMILES string of the molecule is CCCCCCCCCCCCCCCCCCCCCC(=O)NNC(C)O. The topological polar surface area (TPSA) is 61.4 Å². The zero-order valence-electron chi connectivity index (χ0n) is 19.1. The van der Waals surface area contributed by atoms with E-state index < -0.39 is 6.23 Å². The Balaban J connectivity index is 3.07. The van der Waals surface area contributed by atoms with E-state index in [0.29, 0.717) is 6.42 Å². The second-order valence-electron chi connectivity index (χ2n) is 8.48. The highest BCUT2D eigenvalue weighted by atomic mass is 16.3. The fourth-order valence-corrected chi connectivity index (χ4v) is 3.61. The number of rotatable bonds is 22. The van der Waals surface area contributed by atoms with Crippen molar-refractivity contribution in [2.45, 2.75) is 148 Å². The number of nitrogens with one attached hydrogen (secondary N) is 2. The quantitative estimate of drug-likeness (QED) is 0.107. The first kappa shape index (κ1) is 27.4. The van der Waals surface area contributed by atoms with E-state index >= 15 is 0 Å². The van der Waals surface area contributed by atoms with E-state index in [1.165, 1.54) is 109 Å². The van der Waals surface area contributed by atoms with Crippen LogP contribution in [0.5, 0.6) is 0 Å². The van der Waals surface area contributed by atoms with Crippen molar-refractivity contribution in [1.29, 1.82) is 0 Å². The van der Waals surface area contributed by atoms with Gasteiger partial charge in [-0.25, -0.2) is 5.43 Å². The zero-order valence-corrected chi connectivity index (χ0v) is 19.1. The maximum atomic E-state index is 11.4. The summed E-state index contributed by atoms with van der Waals surface area (Å²) in [5.41, 5.74) is 5.01. The van der Waals surface area contributed by atoms with Gasteiger partial charge >= 0.3 is 0 Å². The number of hydrogen-bond acceptors (Lipinski definition) is 3. The number of unbranched alkanes of at least 4 members (excludes halogenated alkanes) is 18. The van der Waals surface area contributed by atoms with Crippen LogP contribution in [0.1, 0.15) is 142 Å². The van der Waals surface area contributed by atoms with Gasteiger partial charge in [-0.1, -0.05) is 122 Å². The molecule has 0 aromatic carbocycles. The molecule has 168 valence electrons. The van der Waals surface area contributed by atoms with Gasteiger partial charge in [-0.05, 0) is 13.3 Å². The maximum absolute atomic E-state index is 11.4. The van der Waals surface area contributed by atoms with Gasteiger partial charge in [0.05, 0.1) is 0 Å². The average Bonchev–Trinajstić information content (AvgIpc) is 2.68. The first-order chi connectivity index (χ1) is 13.7. The van der Waals surface area contributed by atoms with Crippen LogP contribution in [0, 0.1) is 0 Å². The number of aliphatic hydroxyl groups excluding tert-OH is 1. The van der Waals surface area contributed by atoms with Crippen LogP contribution in [0.25, 0.3) is 0 Å². The minimum atomic E-state index is -0.700. The lowest BCUT2D eigenvalue weighted by atomic mass is 10.0. The number of hydrogen-bond donors (Lipinski definition) is 3. The standard InChI is InChI=1S/C24H50N2O2/c1-3-4-5-6-7-8-9-10-11-12-13-14-15-16-17-18-19-20-21-22-24(28)26-25-23(2)27/h23,25,27H,3-22H2,1-2H3,(H,26,28). The van der Waals surface area contributed by atoms with E-state index in [2.05, 4.69) is 17.8 Å². The van der Waals surface area contributed by atoms with Crippen LogP contribution in [-0.2, 0) is 4.79 Å². The summed E-state index contributed by atoms with van der Waals surface area (Å²) in [5, 5.41) is 9.01. The van der Waals surface area contributed by atoms with Gasteiger partial charge in [-0.15, -0.1) is 0 Å². The molecule has 4 nitrogen and oxygen atoms in total. The van der Waals surface area contributed by atoms with Gasteiger partial charge in [0.2, 0.25) is 5.91 Å². The van der Waals surface area contributed by atoms with Gasteiger partial charge < -0.3 is 5.11 Å². The molecule has 0 saturated heterocycles. The van der Waals surface area contributed by atoms with Crippen LogP contribution in [0.15, 0.2) is 0 Å².